The van der Waals surface area contributed by atoms with Gasteiger partial charge in [0.05, 0.1) is 32.9 Å². The minimum Gasteiger partial charge on any atom is -0.461 e. The third kappa shape index (κ3) is 5.40. The number of rotatable bonds is 6. The summed E-state index contributed by atoms with van der Waals surface area (Å²) in [4.78, 5) is 28.0. The van der Waals surface area contributed by atoms with Crippen LogP contribution in [-0.4, -0.2) is 92.7 Å². The smallest absolute Gasteiger partial charge is 0.345 e. The topological polar surface area (TPSA) is 129 Å². The number of carbonyl (C=O) groups is 1. The lowest BCUT2D eigenvalue weighted by Crippen LogP contribution is -2.45. The molecule has 52 heavy (non-hydrogen) atoms. The van der Waals surface area contributed by atoms with E-state index in [-0.39, 0.29) is 72.2 Å². The number of nitriles is 1. The SMILES string of the molecule is C[C@@H]1[C@H](N(C)c2nc(OC[C@@]34CCCN3C[C@H](F)C4)nc3c(F)c(-c4ccc(F)c5sc(N)c(C#N)c45)c(Cl)cc23)CCN1C(=O)n1ccc(F)n1. The number of likely N-dealkylation sites (tertiary alicyclic amines) is 1. The number of nitrogens with two attached hydrogens (primary N) is 1. The molecule has 4 atom stereocenters. The fourth-order valence-corrected chi connectivity index (χ4v) is 9.55. The highest BCUT2D eigenvalue weighted by molar-refractivity contribution is 7.23. The van der Waals surface area contributed by atoms with Crippen molar-refractivity contribution in [1.29, 1.82) is 5.26 Å². The summed E-state index contributed by atoms with van der Waals surface area (Å²) in [5, 5.41) is 13.9. The van der Waals surface area contributed by atoms with E-state index in [4.69, 9.17) is 27.1 Å². The minimum atomic E-state index is -0.991. The Hall–Kier alpha value is -4.72. The lowest BCUT2D eigenvalue weighted by Gasteiger charge is -2.33. The van der Waals surface area contributed by atoms with Crippen LogP contribution in [0.25, 0.3) is 32.1 Å². The summed E-state index contributed by atoms with van der Waals surface area (Å²) in [5.41, 5.74) is 5.45. The van der Waals surface area contributed by atoms with E-state index in [1.165, 1.54) is 24.4 Å². The maximum Gasteiger partial charge on any atom is 0.345 e. The van der Waals surface area contributed by atoms with E-state index in [0.717, 1.165) is 41.5 Å². The van der Waals surface area contributed by atoms with E-state index >= 15 is 4.39 Å². The molecule has 2 aromatic carbocycles. The number of fused-ring (bicyclic) bond motifs is 3. The molecule has 0 radical (unpaired) electrons. The second-order valence-electron chi connectivity index (χ2n) is 13.7. The summed E-state index contributed by atoms with van der Waals surface area (Å²) < 4.78 is 67.6. The summed E-state index contributed by atoms with van der Waals surface area (Å²) in [6, 6.07) is 5.74. The Kier molecular flexibility index (Phi) is 8.42. The molecule has 0 spiro atoms. The van der Waals surface area contributed by atoms with Gasteiger partial charge in [-0.05, 0) is 50.4 Å². The van der Waals surface area contributed by atoms with E-state index in [0.29, 0.717) is 25.9 Å². The molecule has 6 heterocycles. The number of benzene rings is 2. The van der Waals surface area contributed by atoms with Crippen molar-refractivity contribution in [3.8, 4) is 23.2 Å². The standard InChI is InChI=1S/C35H32ClF4N9O2S/c1-17-24(6-10-48(17)34(50)49-11-7-25(39)45-49)46(2)32-20-12-22(36)27(19-4-5-23(38)30-26(19)21(14-41)31(42)52-30)28(40)29(20)43-33(44-32)51-16-35-8-3-9-47(35)15-18(37)13-35/h4-5,7,11-12,17-18,24H,3,6,8-10,13,15-16,42H2,1-2H3/t17-,18-,24-,35+/m1/s1. The molecule has 3 aliphatic heterocycles. The van der Waals surface area contributed by atoms with E-state index in [1.54, 1.807) is 11.9 Å². The van der Waals surface area contributed by atoms with Crippen molar-refractivity contribution in [1.82, 2.24) is 29.5 Å². The Balaban J connectivity index is 1.24. The van der Waals surface area contributed by atoms with Crippen LogP contribution in [0.3, 0.4) is 0 Å². The van der Waals surface area contributed by atoms with Gasteiger partial charge in [0.15, 0.2) is 5.82 Å². The zero-order valence-corrected chi connectivity index (χ0v) is 29.6. The first kappa shape index (κ1) is 34.4. The number of ether oxygens (including phenoxy) is 1. The molecule has 3 aromatic heterocycles. The number of halogens is 5. The summed E-state index contributed by atoms with van der Waals surface area (Å²) in [7, 11) is 1.76. The zero-order chi connectivity index (χ0) is 36.6. The molecular weight excluding hydrogens is 722 g/mol. The molecule has 0 saturated carbocycles. The molecule has 2 N–H and O–H groups in total. The quantitative estimate of drug-likeness (QED) is 0.187. The zero-order valence-electron chi connectivity index (χ0n) is 28.0. The van der Waals surface area contributed by atoms with Crippen LogP contribution in [0.1, 0.15) is 38.2 Å². The maximum atomic E-state index is 17.1. The number of amides is 1. The van der Waals surface area contributed by atoms with Crippen molar-refractivity contribution in [2.75, 3.05) is 43.9 Å². The van der Waals surface area contributed by atoms with Gasteiger partial charge in [0.2, 0.25) is 5.95 Å². The van der Waals surface area contributed by atoms with Crippen molar-refractivity contribution >= 4 is 60.8 Å². The number of carbonyl (C=O) groups excluding carboxylic acids is 1. The number of alkyl halides is 1. The molecule has 5 aromatic rings. The van der Waals surface area contributed by atoms with E-state index in [2.05, 4.69) is 15.0 Å². The van der Waals surface area contributed by atoms with Gasteiger partial charge in [-0.1, -0.05) is 17.7 Å². The number of thiophene rings is 1. The minimum absolute atomic E-state index is 0.00692. The number of hydrogen-bond acceptors (Lipinski definition) is 10. The van der Waals surface area contributed by atoms with E-state index < -0.39 is 41.4 Å². The number of anilines is 2. The van der Waals surface area contributed by atoms with Crippen LogP contribution in [0.15, 0.2) is 30.5 Å². The highest BCUT2D eigenvalue weighted by Crippen LogP contribution is 2.46. The first-order valence-corrected chi connectivity index (χ1v) is 18.0. The predicted molar refractivity (Wildman–Crippen MR) is 189 cm³/mol. The monoisotopic (exact) mass is 753 g/mol. The Morgan fingerprint density at radius 3 is 2.81 bits per heavy atom. The third-order valence-corrected chi connectivity index (χ3v) is 12.1. The molecule has 3 aliphatic rings. The fourth-order valence-electron chi connectivity index (χ4n) is 8.30. The van der Waals surface area contributed by atoms with Crippen LogP contribution >= 0.6 is 22.9 Å². The molecule has 3 saturated heterocycles. The molecule has 270 valence electrons. The molecule has 3 fully saturated rings. The summed E-state index contributed by atoms with van der Waals surface area (Å²) >= 11 is 7.75. The average Bonchev–Trinajstić information content (AvgIpc) is 3.93. The maximum absolute atomic E-state index is 17.1. The van der Waals surface area contributed by atoms with Crippen molar-refractivity contribution in [3.63, 3.8) is 0 Å². The van der Waals surface area contributed by atoms with E-state index in [9.17, 15) is 23.2 Å². The third-order valence-electron chi connectivity index (χ3n) is 10.8. The lowest BCUT2D eigenvalue weighted by atomic mass is 9.95. The Morgan fingerprint density at radius 2 is 2.06 bits per heavy atom. The van der Waals surface area contributed by atoms with Gasteiger partial charge in [0.25, 0.3) is 0 Å². The number of aromatic nitrogens is 4. The van der Waals surface area contributed by atoms with Gasteiger partial charge < -0.3 is 20.3 Å². The van der Waals surface area contributed by atoms with Gasteiger partial charge >= 0.3 is 12.0 Å². The molecule has 1 amide bonds. The molecular formula is C35H32ClF4N9O2S. The van der Waals surface area contributed by atoms with Crippen LogP contribution in [0, 0.1) is 28.9 Å². The highest BCUT2D eigenvalue weighted by atomic mass is 35.5. The number of hydrogen-bond donors (Lipinski definition) is 1. The summed E-state index contributed by atoms with van der Waals surface area (Å²) in [6.45, 7) is 3.33. The molecule has 0 bridgehead atoms. The predicted octanol–water partition coefficient (Wildman–Crippen LogP) is 6.76. The Labute approximate surface area is 304 Å². The number of nitrogens with zero attached hydrogens (tertiary/aromatic N) is 8. The van der Waals surface area contributed by atoms with Crippen molar-refractivity contribution in [2.45, 2.75) is 56.4 Å². The van der Waals surface area contributed by atoms with Gasteiger partial charge in [-0.3, -0.25) is 4.90 Å². The Morgan fingerprint density at radius 1 is 1.25 bits per heavy atom. The van der Waals surface area contributed by atoms with Gasteiger partial charge in [-0.15, -0.1) is 16.4 Å². The van der Waals surface area contributed by atoms with Crippen LogP contribution in [-0.2, 0) is 0 Å². The number of likely N-dealkylation sites (N-methyl/N-ethyl adjacent to an activating group) is 1. The van der Waals surface area contributed by atoms with Gasteiger partial charge in [-0.25, -0.2) is 18.0 Å². The first-order valence-electron chi connectivity index (χ1n) is 16.8. The van der Waals surface area contributed by atoms with Crippen LogP contribution < -0.4 is 15.4 Å². The molecule has 11 nitrogen and oxygen atoms in total. The lowest BCUT2D eigenvalue weighted by molar-refractivity contribution is 0.107. The van der Waals surface area contributed by atoms with Crippen LogP contribution in [0.2, 0.25) is 5.02 Å². The molecule has 8 rings (SSSR count). The van der Waals surface area contributed by atoms with Crippen LogP contribution in [0.5, 0.6) is 6.01 Å². The summed E-state index contributed by atoms with van der Waals surface area (Å²) in [6.07, 6.45) is 2.68. The van der Waals surface area contributed by atoms with Crippen molar-refractivity contribution in [2.24, 2.45) is 0 Å². The van der Waals surface area contributed by atoms with Gasteiger partial charge in [-0.2, -0.15) is 24.3 Å². The van der Waals surface area contributed by atoms with Gasteiger partial charge in [0, 0.05) is 55.2 Å². The van der Waals surface area contributed by atoms with E-state index in [1.807, 2.05) is 17.9 Å². The van der Waals surface area contributed by atoms with Crippen molar-refractivity contribution < 1.29 is 27.1 Å². The second kappa shape index (κ2) is 12.7. The van der Waals surface area contributed by atoms with Crippen molar-refractivity contribution in [3.05, 3.63) is 58.6 Å². The normalized spacial score (nSPS) is 23.1. The summed E-state index contributed by atoms with van der Waals surface area (Å²) in [5.74, 6) is -1.98. The second-order valence-corrected chi connectivity index (χ2v) is 15.1. The highest BCUT2D eigenvalue weighted by Gasteiger charge is 2.49. The first-order chi connectivity index (χ1) is 24.9. The molecule has 0 aliphatic carbocycles. The largest absolute Gasteiger partial charge is 0.461 e. The van der Waals surface area contributed by atoms with Crippen LogP contribution in [0.4, 0.5) is 33.2 Å². The Bertz CT molecular complexity index is 2310. The molecule has 17 heteroatoms. The van der Waals surface area contributed by atoms with Gasteiger partial charge in [0.1, 0.15) is 41.0 Å². The fraction of sp³-hybridized carbons (Fsp3) is 0.400. The number of nitrogen functional groups attached to an aromatic ring is 1. The average molecular weight is 754 g/mol. The molecule has 0 unspecified atom stereocenters.